The number of rotatable bonds is 3. The van der Waals surface area contributed by atoms with Gasteiger partial charge < -0.3 is 4.74 Å². The molecule has 3 heteroatoms. The average Bonchev–Trinajstić information content (AvgIpc) is 3.16. The van der Waals surface area contributed by atoms with E-state index in [1.54, 1.807) is 7.11 Å². The van der Waals surface area contributed by atoms with Gasteiger partial charge in [0.1, 0.15) is 5.75 Å². The topological polar surface area (TPSA) is 21.7 Å². The van der Waals surface area contributed by atoms with Crippen molar-refractivity contribution in [3.63, 3.8) is 0 Å². The van der Waals surface area contributed by atoms with E-state index >= 15 is 0 Å². The molecule has 0 amide bonds. The van der Waals surface area contributed by atoms with Gasteiger partial charge >= 0.3 is 0 Å². The van der Waals surface area contributed by atoms with Crippen molar-refractivity contribution in [2.45, 2.75) is 31.0 Å². The van der Waals surface area contributed by atoms with Crippen molar-refractivity contribution in [1.82, 2.24) is 5.06 Å². The van der Waals surface area contributed by atoms with Crippen molar-refractivity contribution in [2.24, 2.45) is 0 Å². The maximum Gasteiger partial charge on any atom is 0.118 e. The zero-order valence-electron chi connectivity index (χ0n) is 12.1. The normalized spacial score (nSPS) is 30.5. The highest BCUT2D eigenvalue weighted by molar-refractivity contribution is 5.31. The smallest absolute Gasteiger partial charge is 0.118 e. The predicted octanol–water partition coefficient (Wildman–Crippen LogP) is 3.89. The van der Waals surface area contributed by atoms with Crippen LogP contribution in [0.3, 0.4) is 0 Å². The van der Waals surface area contributed by atoms with Crippen molar-refractivity contribution in [3.05, 3.63) is 65.7 Å². The van der Waals surface area contributed by atoms with E-state index in [0.29, 0.717) is 18.2 Å². The third-order valence-corrected chi connectivity index (χ3v) is 4.54. The fourth-order valence-electron chi connectivity index (χ4n) is 3.49. The molecule has 2 aliphatic heterocycles. The fourth-order valence-corrected chi connectivity index (χ4v) is 3.49. The molecule has 2 bridgehead atoms. The van der Waals surface area contributed by atoms with Crippen LogP contribution in [0.4, 0.5) is 0 Å². The molecule has 21 heavy (non-hydrogen) atoms. The number of ether oxygens (including phenoxy) is 1. The van der Waals surface area contributed by atoms with E-state index in [9.17, 15) is 0 Å². The lowest BCUT2D eigenvalue weighted by molar-refractivity contribution is -0.136. The van der Waals surface area contributed by atoms with Gasteiger partial charge in [-0.05, 0) is 36.1 Å². The molecular weight excluding hydrogens is 262 g/mol. The van der Waals surface area contributed by atoms with Gasteiger partial charge in [0.25, 0.3) is 0 Å². The molecule has 4 rings (SSSR count). The maximum absolute atomic E-state index is 6.06. The third-order valence-electron chi connectivity index (χ3n) is 4.54. The number of hydroxylamine groups is 2. The van der Waals surface area contributed by atoms with Gasteiger partial charge in [0.15, 0.2) is 0 Å². The first-order valence-electron chi connectivity index (χ1n) is 7.49. The number of methoxy groups -OCH3 is 1. The lowest BCUT2D eigenvalue weighted by Gasteiger charge is -2.29. The quantitative estimate of drug-likeness (QED) is 0.852. The Hall–Kier alpha value is -1.84. The zero-order chi connectivity index (χ0) is 14.2. The molecule has 0 N–H and O–H groups in total. The molecule has 2 aromatic rings. The summed E-state index contributed by atoms with van der Waals surface area (Å²) in [5, 5.41) is 2.20. The molecule has 2 aromatic carbocycles. The minimum atomic E-state index is 0.347. The third kappa shape index (κ3) is 2.23. The molecule has 108 valence electrons. The van der Waals surface area contributed by atoms with E-state index in [2.05, 4.69) is 47.5 Å². The predicted molar refractivity (Wildman–Crippen MR) is 80.9 cm³/mol. The van der Waals surface area contributed by atoms with Gasteiger partial charge in [-0.1, -0.05) is 42.5 Å². The highest BCUT2D eigenvalue weighted by Crippen LogP contribution is 2.49. The Bertz CT molecular complexity index is 611. The van der Waals surface area contributed by atoms with E-state index in [1.165, 1.54) is 11.1 Å². The largest absolute Gasteiger partial charge is 0.497 e. The summed E-state index contributed by atoms with van der Waals surface area (Å²) in [5.41, 5.74) is 2.65. The van der Waals surface area contributed by atoms with Crippen molar-refractivity contribution in [1.29, 1.82) is 0 Å². The molecule has 2 saturated heterocycles. The second-order valence-electron chi connectivity index (χ2n) is 5.77. The van der Waals surface area contributed by atoms with Gasteiger partial charge in [0, 0.05) is 0 Å². The maximum atomic E-state index is 6.06. The molecule has 0 spiro atoms. The van der Waals surface area contributed by atoms with Crippen LogP contribution in [0.1, 0.15) is 36.1 Å². The Morgan fingerprint density at radius 1 is 0.905 bits per heavy atom. The number of fused-ring (bicyclic) bond motifs is 2. The number of benzene rings is 2. The first-order chi connectivity index (χ1) is 10.3. The molecule has 4 atom stereocenters. The van der Waals surface area contributed by atoms with Gasteiger partial charge in [-0.15, -0.1) is 0 Å². The summed E-state index contributed by atoms with van der Waals surface area (Å²) in [4.78, 5) is 6.06. The monoisotopic (exact) mass is 281 g/mol. The molecule has 0 aromatic heterocycles. The van der Waals surface area contributed by atoms with E-state index in [1.807, 2.05) is 12.1 Å². The van der Waals surface area contributed by atoms with E-state index in [0.717, 1.165) is 18.6 Å². The van der Waals surface area contributed by atoms with Crippen LogP contribution in [-0.2, 0) is 4.84 Å². The number of nitrogens with zero attached hydrogens (tertiary/aromatic N) is 1. The number of piperidine rings is 1. The second-order valence-corrected chi connectivity index (χ2v) is 5.77. The first kappa shape index (κ1) is 12.9. The highest BCUT2D eigenvalue weighted by Gasteiger charge is 2.46. The summed E-state index contributed by atoms with van der Waals surface area (Å²) in [6.07, 6.45) is 2.52. The molecular formula is C18H19NO2. The van der Waals surface area contributed by atoms with E-state index < -0.39 is 0 Å². The van der Waals surface area contributed by atoms with Gasteiger partial charge in [0.2, 0.25) is 0 Å². The fraction of sp³-hybridized carbons (Fsp3) is 0.333. The van der Waals surface area contributed by atoms with Gasteiger partial charge in [-0.25, -0.2) is 0 Å². The van der Waals surface area contributed by atoms with Crippen molar-refractivity contribution < 1.29 is 9.57 Å². The lowest BCUT2D eigenvalue weighted by Crippen LogP contribution is -2.26. The van der Waals surface area contributed by atoms with Crippen LogP contribution in [0.5, 0.6) is 5.75 Å². The molecule has 3 nitrogen and oxygen atoms in total. The summed E-state index contributed by atoms with van der Waals surface area (Å²) < 4.78 is 5.24. The van der Waals surface area contributed by atoms with E-state index in [4.69, 9.17) is 9.57 Å². The van der Waals surface area contributed by atoms with E-state index in [-0.39, 0.29) is 0 Å². The molecule has 0 aliphatic carbocycles. The summed E-state index contributed by atoms with van der Waals surface area (Å²) in [6, 6.07) is 19.7. The SMILES string of the molecule is COc1ccc([C@H]2C[C@H]3C[C@H](c4ccccc4)N2O3)cc1. The minimum absolute atomic E-state index is 0.347. The van der Waals surface area contributed by atoms with Crippen LogP contribution >= 0.6 is 0 Å². The molecule has 0 saturated carbocycles. The number of hydrogen-bond donors (Lipinski definition) is 0. The second kappa shape index (κ2) is 5.17. The van der Waals surface area contributed by atoms with Crippen molar-refractivity contribution in [2.75, 3.05) is 7.11 Å². The summed E-state index contributed by atoms with van der Waals surface area (Å²) in [5.74, 6) is 0.900. The van der Waals surface area contributed by atoms with Crippen LogP contribution in [0.25, 0.3) is 0 Å². The zero-order valence-corrected chi connectivity index (χ0v) is 12.1. The summed E-state index contributed by atoms with van der Waals surface area (Å²) in [6.45, 7) is 0. The highest BCUT2D eigenvalue weighted by atomic mass is 16.7. The Balaban J connectivity index is 1.60. The first-order valence-corrected chi connectivity index (χ1v) is 7.49. The Morgan fingerprint density at radius 2 is 1.52 bits per heavy atom. The Labute approximate surface area is 125 Å². The van der Waals surface area contributed by atoms with Crippen LogP contribution in [0, 0.1) is 0 Å². The molecule has 1 unspecified atom stereocenters. The summed E-state index contributed by atoms with van der Waals surface area (Å²) >= 11 is 0. The molecule has 2 fully saturated rings. The van der Waals surface area contributed by atoms with Gasteiger partial charge in [-0.2, -0.15) is 5.06 Å². The molecule has 2 aliphatic rings. The molecule has 2 heterocycles. The van der Waals surface area contributed by atoms with Crippen molar-refractivity contribution in [3.8, 4) is 5.75 Å². The lowest BCUT2D eigenvalue weighted by atomic mass is 9.90. The Kier molecular flexibility index (Phi) is 3.17. The van der Waals surface area contributed by atoms with Crippen LogP contribution < -0.4 is 4.74 Å². The van der Waals surface area contributed by atoms with Gasteiger partial charge in [0.05, 0.1) is 25.3 Å². The Morgan fingerprint density at radius 3 is 2.10 bits per heavy atom. The standard InChI is InChI=1S/C18H19NO2/c1-20-15-9-7-14(8-10-15)18-12-16-11-17(19(18)21-16)13-5-3-2-4-6-13/h2-10,16-18H,11-12H2,1H3/t16-,17-,18-/m1/s1. The minimum Gasteiger partial charge on any atom is -0.497 e. The van der Waals surface area contributed by atoms with Crippen LogP contribution in [0.15, 0.2) is 54.6 Å². The van der Waals surface area contributed by atoms with Crippen LogP contribution in [-0.4, -0.2) is 18.3 Å². The molecule has 0 radical (unpaired) electrons. The van der Waals surface area contributed by atoms with Crippen molar-refractivity contribution >= 4 is 0 Å². The van der Waals surface area contributed by atoms with Crippen LogP contribution in [0.2, 0.25) is 0 Å². The summed E-state index contributed by atoms with van der Waals surface area (Å²) in [7, 11) is 1.70. The average molecular weight is 281 g/mol. The number of hydrogen-bond acceptors (Lipinski definition) is 3. The van der Waals surface area contributed by atoms with Gasteiger partial charge in [-0.3, -0.25) is 4.84 Å².